The number of hydrogen-bond donors (Lipinski definition) is 1. The van der Waals surface area contributed by atoms with Gasteiger partial charge in [0.15, 0.2) is 0 Å². The number of carbonyl (C=O) groups excluding carboxylic acids is 1. The summed E-state index contributed by atoms with van der Waals surface area (Å²) in [6.07, 6.45) is 5.36. The molecular formula is C19H21N5O2. The molecule has 26 heavy (non-hydrogen) atoms. The van der Waals surface area contributed by atoms with Crippen LogP contribution in [-0.2, 0) is 11.3 Å². The van der Waals surface area contributed by atoms with Crippen molar-refractivity contribution in [2.24, 2.45) is 0 Å². The molecule has 4 rings (SSSR count). The third-order valence-corrected chi connectivity index (χ3v) is 4.76. The second-order valence-electron chi connectivity index (χ2n) is 6.93. The lowest BCUT2D eigenvalue weighted by atomic mass is 10.1. The quantitative estimate of drug-likeness (QED) is 0.763. The maximum absolute atomic E-state index is 12.6. The van der Waals surface area contributed by atoms with Gasteiger partial charge in [-0.2, -0.15) is 10.2 Å². The summed E-state index contributed by atoms with van der Waals surface area (Å²) in [7, 11) is 0. The van der Waals surface area contributed by atoms with Gasteiger partial charge in [0.2, 0.25) is 5.91 Å². The minimum Gasteiger partial charge on any atom is -0.348 e. The van der Waals surface area contributed by atoms with Gasteiger partial charge in [-0.25, -0.2) is 4.68 Å². The highest BCUT2D eigenvalue weighted by Gasteiger charge is 2.26. The van der Waals surface area contributed by atoms with E-state index in [0.717, 1.165) is 23.9 Å². The normalized spacial score (nSPS) is 15.2. The molecule has 7 heteroatoms. The molecule has 1 N–H and O–H groups in total. The lowest BCUT2D eigenvalue weighted by Crippen LogP contribution is -2.34. The van der Waals surface area contributed by atoms with Gasteiger partial charge in [-0.05, 0) is 32.3 Å². The monoisotopic (exact) mass is 351 g/mol. The van der Waals surface area contributed by atoms with Crippen molar-refractivity contribution in [1.29, 1.82) is 0 Å². The van der Waals surface area contributed by atoms with Crippen LogP contribution in [0.1, 0.15) is 43.0 Å². The fourth-order valence-corrected chi connectivity index (χ4v) is 3.07. The van der Waals surface area contributed by atoms with Gasteiger partial charge in [0.25, 0.3) is 5.56 Å². The number of aromatic nitrogens is 4. The molecule has 1 amide bonds. The van der Waals surface area contributed by atoms with E-state index in [4.69, 9.17) is 0 Å². The fraction of sp³-hybridized carbons (Fsp3) is 0.368. The molecule has 0 saturated heterocycles. The summed E-state index contributed by atoms with van der Waals surface area (Å²) in [5, 5.41) is 11.9. The van der Waals surface area contributed by atoms with Crippen molar-refractivity contribution in [2.75, 3.05) is 0 Å². The lowest BCUT2D eigenvalue weighted by molar-refractivity contribution is -0.122. The molecular weight excluding hydrogens is 330 g/mol. The number of carbonyl (C=O) groups is 1. The first-order valence-corrected chi connectivity index (χ1v) is 8.82. The van der Waals surface area contributed by atoms with Crippen molar-refractivity contribution in [1.82, 2.24) is 24.9 Å². The molecule has 7 nitrogen and oxygen atoms in total. The molecule has 1 aromatic carbocycles. The summed E-state index contributed by atoms with van der Waals surface area (Å²) < 4.78 is 3.05. The first-order chi connectivity index (χ1) is 12.5. The first kappa shape index (κ1) is 16.5. The third kappa shape index (κ3) is 3.12. The molecule has 1 atom stereocenters. The minimum absolute atomic E-state index is 0.112. The van der Waals surface area contributed by atoms with Gasteiger partial charge in [0.1, 0.15) is 6.54 Å². The van der Waals surface area contributed by atoms with Gasteiger partial charge >= 0.3 is 0 Å². The van der Waals surface area contributed by atoms with Crippen molar-refractivity contribution in [3.05, 3.63) is 58.1 Å². The van der Waals surface area contributed by atoms with E-state index >= 15 is 0 Å². The summed E-state index contributed by atoms with van der Waals surface area (Å²) in [4.78, 5) is 24.9. The molecule has 0 spiro atoms. The Bertz CT molecular complexity index is 1010. The summed E-state index contributed by atoms with van der Waals surface area (Å²) in [6.45, 7) is 3.83. The molecule has 0 bridgehead atoms. The van der Waals surface area contributed by atoms with Gasteiger partial charge in [-0.3, -0.25) is 14.3 Å². The predicted octanol–water partition coefficient (Wildman–Crippen LogP) is 2.11. The minimum atomic E-state index is -0.285. The van der Waals surface area contributed by atoms with Gasteiger partial charge in [-0.1, -0.05) is 29.8 Å². The van der Waals surface area contributed by atoms with E-state index in [-0.39, 0.29) is 24.1 Å². The summed E-state index contributed by atoms with van der Waals surface area (Å²) in [5.74, 6) is -0.249. The third-order valence-electron chi connectivity index (χ3n) is 4.76. The van der Waals surface area contributed by atoms with Crippen LogP contribution in [0.2, 0.25) is 0 Å². The number of amides is 1. The zero-order chi connectivity index (χ0) is 18.3. The molecule has 1 aliphatic carbocycles. The van der Waals surface area contributed by atoms with Crippen LogP contribution in [0.15, 0.2) is 41.5 Å². The summed E-state index contributed by atoms with van der Waals surface area (Å²) in [5.41, 5.74) is 2.64. The van der Waals surface area contributed by atoms with Crippen LogP contribution in [0, 0.1) is 6.92 Å². The van der Waals surface area contributed by atoms with Crippen LogP contribution in [0.25, 0.3) is 10.9 Å². The molecule has 1 fully saturated rings. The standard InChI is InChI=1S/C19H21N5O2/c1-12-3-5-14(6-4-12)13(2)22-18(25)11-23-19(26)16-9-21-24(15-7-8-15)17(16)10-20-23/h3-6,9-10,13,15H,7-8,11H2,1-2H3,(H,22,25). The van der Waals surface area contributed by atoms with E-state index in [1.807, 2.05) is 42.8 Å². The van der Waals surface area contributed by atoms with Gasteiger partial charge in [-0.15, -0.1) is 0 Å². The van der Waals surface area contributed by atoms with E-state index < -0.39 is 0 Å². The van der Waals surface area contributed by atoms with Crippen molar-refractivity contribution in [3.8, 4) is 0 Å². The van der Waals surface area contributed by atoms with Crippen molar-refractivity contribution < 1.29 is 4.79 Å². The van der Waals surface area contributed by atoms with Crippen molar-refractivity contribution in [3.63, 3.8) is 0 Å². The molecule has 1 unspecified atom stereocenters. The number of fused-ring (bicyclic) bond motifs is 1. The molecule has 2 heterocycles. The second-order valence-corrected chi connectivity index (χ2v) is 6.93. The number of aryl methyl sites for hydroxylation is 1. The van der Waals surface area contributed by atoms with Crippen LogP contribution in [0.5, 0.6) is 0 Å². The van der Waals surface area contributed by atoms with Crippen molar-refractivity contribution >= 4 is 16.8 Å². The Hall–Kier alpha value is -2.96. The van der Waals surface area contributed by atoms with Crippen LogP contribution in [-0.4, -0.2) is 25.5 Å². The zero-order valence-corrected chi connectivity index (χ0v) is 14.8. The number of rotatable bonds is 5. The molecule has 0 aliphatic heterocycles. The highest BCUT2D eigenvalue weighted by Crippen LogP contribution is 2.35. The highest BCUT2D eigenvalue weighted by molar-refractivity contribution is 5.78. The highest BCUT2D eigenvalue weighted by atomic mass is 16.2. The number of benzene rings is 1. The predicted molar refractivity (Wildman–Crippen MR) is 97.8 cm³/mol. The largest absolute Gasteiger partial charge is 0.348 e. The van der Waals surface area contributed by atoms with Gasteiger partial charge in [0.05, 0.1) is 35.4 Å². The maximum Gasteiger partial charge on any atom is 0.278 e. The van der Waals surface area contributed by atoms with Crippen LogP contribution >= 0.6 is 0 Å². The first-order valence-electron chi connectivity index (χ1n) is 8.82. The Balaban J connectivity index is 1.49. The Morgan fingerprint density at radius 3 is 2.65 bits per heavy atom. The molecule has 1 saturated carbocycles. The van der Waals surface area contributed by atoms with E-state index in [9.17, 15) is 9.59 Å². The van der Waals surface area contributed by atoms with E-state index in [0.29, 0.717) is 11.4 Å². The number of nitrogens with zero attached hydrogens (tertiary/aromatic N) is 4. The smallest absolute Gasteiger partial charge is 0.278 e. The molecule has 3 aromatic rings. The Morgan fingerprint density at radius 2 is 1.96 bits per heavy atom. The topological polar surface area (TPSA) is 81.8 Å². The van der Waals surface area contributed by atoms with Crippen LogP contribution in [0.3, 0.4) is 0 Å². The zero-order valence-electron chi connectivity index (χ0n) is 14.8. The SMILES string of the molecule is Cc1ccc(C(C)NC(=O)Cn2ncc3c(cnn3C3CC3)c2=O)cc1. The van der Waals surface area contributed by atoms with Crippen LogP contribution < -0.4 is 10.9 Å². The van der Waals surface area contributed by atoms with E-state index in [1.54, 1.807) is 12.4 Å². The Morgan fingerprint density at radius 1 is 1.23 bits per heavy atom. The molecule has 0 radical (unpaired) electrons. The average molecular weight is 351 g/mol. The lowest BCUT2D eigenvalue weighted by Gasteiger charge is -2.15. The molecule has 1 aliphatic rings. The summed E-state index contributed by atoms with van der Waals surface area (Å²) in [6, 6.07) is 8.24. The van der Waals surface area contributed by atoms with Crippen LogP contribution in [0.4, 0.5) is 0 Å². The Kier molecular flexibility index (Phi) is 4.06. The Labute approximate surface area is 150 Å². The summed E-state index contributed by atoms with van der Waals surface area (Å²) >= 11 is 0. The number of hydrogen-bond acceptors (Lipinski definition) is 4. The number of nitrogens with one attached hydrogen (secondary N) is 1. The second kappa shape index (κ2) is 6.40. The fourth-order valence-electron chi connectivity index (χ4n) is 3.07. The van der Waals surface area contributed by atoms with E-state index in [2.05, 4.69) is 15.5 Å². The molecule has 2 aromatic heterocycles. The van der Waals surface area contributed by atoms with Gasteiger partial charge < -0.3 is 5.32 Å². The van der Waals surface area contributed by atoms with E-state index in [1.165, 1.54) is 10.2 Å². The molecule has 134 valence electrons. The van der Waals surface area contributed by atoms with Gasteiger partial charge in [0, 0.05) is 0 Å². The maximum atomic E-state index is 12.6. The van der Waals surface area contributed by atoms with Crippen molar-refractivity contribution in [2.45, 2.75) is 45.3 Å². The average Bonchev–Trinajstić information content (AvgIpc) is 3.37.